The molecule has 2 aromatic rings. The molecule has 2 N–H and O–H groups in total. The van der Waals surface area contributed by atoms with Crippen molar-refractivity contribution in [1.82, 2.24) is 20.2 Å². The number of hydrogen-bond donors (Lipinski definition) is 2. The van der Waals surface area contributed by atoms with Crippen molar-refractivity contribution in [2.24, 2.45) is 0 Å². The molecular formula is C16H22N4. The van der Waals surface area contributed by atoms with Crippen molar-refractivity contribution in [3.8, 4) is 0 Å². The lowest BCUT2D eigenvalue weighted by Gasteiger charge is -2.16. The number of benzene rings is 1. The summed E-state index contributed by atoms with van der Waals surface area (Å²) in [6.45, 7) is 6.28. The number of H-pyrrole nitrogens is 1. The van der Waals surface area contributed by atoms with E-state index >= 15 is 0 Å². The maximum atomic E-state index is 4.33. The molecule has 0 spiro atoms. The molecule has 106 valence electrons. The molecule has 4 nitrogen and oxygen atoms in total. The zero-order valence-electron chi connectivity index (χ0n) is 12.0. The van der Waals surface area contributed by atoms with Crippen molar-refractivity contribution < 1.29 is 0 Å². The van der Waals surface area contributed by atoms with E-state index in [0.717, 1.165) is 31.0 Å². The largest absolute Gasteiger partial charge is 0.348 e. The van der Waals surface area contributed by atoms with Gasteiger partial charge in [0.25, 0.3) is 0 Å². The first-order valence-corrected chi connectivity index (χ1v) is 7.30. The van der Waals surface area contributed by atoms with Crippen molar-refractivity contribution in [2.45, 2.75) is 32.5 Å². The molecule has 1 saturated heterocycles. The van der Waals surface area contributed by atoms with Crippen LogP contribution in [0.1, 0.15) is 23.4 Å². The Labute approximate surface area is 120 Å². The summed E-state index contributed by atoms with van der Waals surface area (Å²) in [5.74, 6) is 0. The van der Waals surface area contributed by atoms with Gasteiger partial charge < -0.3 is 10.3 Å². The number of nitrogens with zero attached hydrogens (tertiary/aromatic N) is 2. The fraction of sp³-hybridized carbons (Fsp3) is 0.438. The predicted octanol–water partition coefficient (Wildman–Crippen LogP) is 2.08. The fourth-order valence-corrected chi connectivity index (χ4v) is 2.79. The topological polar surface area (TPSA) is 44.0 Å². The van der Waals surface area contributed by atoms with Crippen molar-refractivity contribution in [2.75, 3.05) is 13.1 Å². The minimum Gasteiger partial charge on any atom is -0.348 e. The van der Waals surface area contributed by atoms with E-state index in [0.29, 0.717) is 6.04 Å². The van der Waals surface area contributed by atoms with E-state index in [-0.39, 0.29) is 0 Å². The summed E-state index contributed by atoms with van der Waals surface area (Å²) in [5.41, 5.74) is 3.69. The lowest BCUT2D eigenvalue weighted by molar-refractivity contribution is 0.319. The van der Waals surface area contributed by atoms with Crippen LogP contribution in [0.15, 0.2) is 36.7 Å². The molecule has 1 atom stereocenters. The molecule has 0 aliphatic carbocycles. The number of aromatic amines is 1. The van der Waals surface area contributed by atoms with Crippen LogP contribution in [-0.2, 0) is 13.1 Å². The van der Waals surface area contributed by atoms with Gasteiger partial charge >= 0.3 is 0 Å². The summed E-state index contributed by atoms with van der Waals surface area (Å²) in [6, 6.07) is 11.3. The second-order valence-electron chi connectivity index (χ2n) is 5.56. The van der Waals surface area contributed by atoms with Crippen LogP contribution in [0.25, 0.3) is 0 Å². The number of nitrogens with one attached hydrogen (secondary N) is 2. The van der Waals surface area contributed by atoms with E-state index < -0.39 is 0 Å². The minimum absolute atomic E-state index is 0.579. The lowest BCUT2D eigenvalue weighted by atomic mass is 10.2. The molecular weight excluding hydrogens is 248 g/mol. The average molecular weight is 270 g/mol. The quantitative estimate of drug-likeness (QED) is 0.874. The molecule has 1 aromatic heterocycles. The van der Waals surface area contributed by atoms with E-state index in [9.17, 15) is 0 Å². The van der Waals surface area contributed by atoms with Gasteiger partial charge in [0.1, 0.15) is 0 Å². The van der Waals surface area contributed by atoms with Crippen LogP contribution in [0.2, 0.25) is 0 Å². The third-order valence-corrected chi connectivity index (χ3v) is 4.01. The molecule has 1 fully saturated rings. The van der Waals surface area contributed by atoms with Crippen LogP contribution in [0.3, 0.4) is 0 Å². The van der Waals surface area contributed by atoms with Crippen molar-refractivity contribution in [1.29, 1.82) is 0 Å². The Bertz CT molecular complexity index is 534. The summed E-state index contributed by atoms with van der Waals surface area (Å²) < 4.78 is 0. The molecule has 1 unspecified atom stereocenters. The van der Waals surface area contributed by atoms with Crippen molar-refractivity contribution in [3.05, 3.63) is 53.6 Å². The Kier molecular flexibility index (Phi) is 4.14. The van der Waals surface area contributed by atoms with Gasteiger partial charge in [0.15, 0.2) is 0 Å². The maximum absolute atomic E-state index is 4.33. The molecule has 1 aliphatic rings. The van der Waals surface area contributed by atoms with Gasteiger partial charge in [-0.05, 0) is 18.9 Å². The van der Waals surface area contributed by atoms with Gasteiger partial charge in [-0.1, -0.05) is 30.3 Å². The molecule has 4 heteroatoms. The monoisotopic (exact) mass is 270 g/mol. The first kappa shape index (κ1) is 13.3. The summed E-state index contributed by atoms with van der Waals surface area (Å²) in [5, 5.41) is 3.62. The van der Waals surface area contributed by atoms with Gasteiger partial charge in [-0.25, -0.2) is 4.98 Å². The molecule has 1 aliphatic heterocycles. The van der Waals surface area contributed by atoms with Crippen LogP contribution in [0.5, 0.6) is 0 Å². The van der Waals surface area contributed by atoms with Gasteiger partial charge in [0, 0.05) is 37.9 Å². The minimum atomic E-state index is 0.579. The molecule has 0 amide bonds. The average Bonchev–Trinajstić information content (AvgIpc) is 3.07. The molecule has 3 rings (SSSR count). The van der Waals surface area contributed by atoms with Crippen LogP contribution >= 0.6 is 0 Å². The normalized spacial score (nSPS) is 19.6. The second kappa shape index (κ2) is 6.20. The summed E-state index contributed by atoms with van der Waals surface area (Å²) in [4.78, 5) is 9.97. The van der Waals surface area contributed by atoms with Gasteiger partial charge in [-0.15, -0.1) is 0 Å². The first-order chi connectivity index (χ1) is 9.81. The third kappa shape index (κ3) is 3.26. The van der Waals surface area contributed by atoms with Gasteiger partial charge in [-0.2, -0.15) is 0 Å². The van der Waals surface area contributed by atoms with Crippen molar-refractivity contribution >= 4 is 0 Å². The van der Waals surface area contributed by atoms with Crippen molar-refractivity contribution in [3.63, 3.8) is 0 Å². The fourth-order valence-electron chi connectivity index (χ4n) is 2.79. The molecule has 0 bridgehead atoms. The Morgan fingerprint density at radius 3 is 2.95 bits per heavy atom. The van der Waals surface area contributed by atoms with Crippen LogP contribution in [-0.4, -0.2) is 34.0 Å². The zero-order valence-corrected chi connectivity index (χ0v) is 12.0. The van der Waals surface area contributed by atoms with Crippen LogP contribution < -0.4 is 5.32 Å². The Morgan fingerprint density at radius 1 is 1.35 bits per heavy atom. The molecule has 1 aromatic carbocycles. The highest BCUT2D eigenvalue weighted by atomic mass is 15.2. The standard InChI is InChI=1S/C16H22N4/c1-13-16(19-12-18-13)9-17-15-7-8-20(11-15)10-14-5-3-2-4-6-14/h2-6,12,15,17H,7-11H2,1H3,(H,18,19). The third-order valence-electron chi connectivity index (χ3n) is 4.01. The summed E-state index contributed by atoms with van der Waals surface area (Å²) >= 11 is 0. The number of rotatable bonds is 5. The van der Waals surface area contributed by atoms with Crippen LogP contribution in [0, 0.1) is 6.92 Å². The Balaban J connectivity index is 1.46. The van der Waals surface area contributed by atoms with Crippen LogP contribution in [0.4, 0.5) is 0 Å². The lowest BCUT2D eigenvalue weighted by Crippen LogP contribution is -2.32. The van der Waals surface area contributed by atoms with Gasteiger partial charge in [0.05, 0.1) is 12.0 Å². The highest BCUT2D eigenvalue weighted by Gasteiger charge is 2.22. The molecule has 0 saturated carbocycles. The second-order valence-corrected chi connectivity index (χ2v) is 5.56. The van der Waals surface area contributed by atoms with E-state index in [2.05, 4.69) is 57.4 Å². The van der Waals surface area contributed by atoms with E-state index in [4.69, 9.17) is 0 Å². The predicted molar refractivity (Wildman–Crippen MR) is 80.3 cm³/mol. The zero-order chi connectivity index (χ0) is 13.8. The smallest absolute Gasteiger partial charge is 0.0925 e. The van der Waals surface area contributed by atoms with Gasteiger partial charge in [0.2, 0.25) is 0 Å². The molecule has 0 radical (unpaired) electrons. The molecule has 2 heterocycles. The number of aromatic nitrogens is 2. The maximum Gasteiger partial charge on any atom is 0.0925 e. The number of hydrogen-bond acceptors (Lipinski definition) is 3. The SMILES string of the molecule is Cc1[nH]cnc1CNC1CCN(Cc2ccccc2)C1. The highest BCUT2D eigenvalue weighted by molar-refractivity contribution is 5.14. The van der Waals surface area contributed by atoms with E-state index in [1.165, 1.54) is 18.5 Å². The van der Waals surface area contributed by atoms with E-state index in [1.54, 1.807) is 6.33 Å². The van der Waals surface area contributed by atoms with E-state index in [1.807, 2.05) is 0 Å². The summed E-state index contributed by atoms with van der Waals surface area (Å²) in [7, 11) is 0. The number of likely N-dealkylation sites (tertiary alicyclic amines) is 1. The molecule has 20 heavy (non-hydrogen) atoms. The number of aryl methyl sites for hydroxylation is 1. The number of imidazole rings is 1. The highest BCUT2D eigenvalue weighted by Crippen LogP contribution is 2.14. The Morgan fingerprint density at radius 2 is 2.20 bits per heavy atom. The summed E-state index contributed by atoms with van der Waals surface area (Å²) in [6.07, 6.45) is 2.99. The Hall–Kier alpha value is -1.65. The van der Waals surface area contributed by atoms with Gasteiger partial charge in [-0.3, -0.25) is 4.90 Å². The first-order valence-electron chi connectivity index (χ1n) is 7.30.